The largest absolute Gasteiger partial charge is 0.351 e. The summed E-state index contributed by atoms with van der Waals surface area (Å²) in [6.45, 7) is 4.37. The van der Waals surface area contributed by atoms with Crippen LogP contribution in [0.15, 0.2) is 48.5 Å². The van der Waals surface area contributed by atoms with E-state index >= 15 is 0 Å². The second kappa shape index (κ2) is 8.21. The third-order valence-corrected chi connectivity index (χ3v) is 6.72. The lowest BCUT2D eigenvalue weighted by Gasteiger charge is -2.45. The van der Waals surface area contributed by atoms with Gasteiger partial charge in [0.15, 0.2) is 0 Å². The lowest BCUT2D eigenvalue weighted by Crippen LogP contribution is -2.63. The van der Waals surface area contributed by atoms with E-state index in [-0.39, 0.29) is 30.2 Å². The quantitative estimate of drug-likeness (QED) is 0.811. The lowest BCUT2D eigenvalue weighted by atomic mass is 9.81. The lowest BCUT2D eigenvalue weighted by molar-refractivity contribution is -0.133. The molecular weight excluding hydrogens is 379 g/mol. The second-order valence-electron chi connectivity index (χ2n) is 9.06. The fourth-order valence-electron chi connectivity index (χ4n) is 4.69. The van der Waals surface area contributed by atoms with Crippen LogP contribution < -0.4 is 5.32 Å². The molecule has 4 rings (SSSR count). The summed E-state index contributed by atoms with van der Waals surface area (Å²) in [5, 5.41) is 3.23. The van der Waals surface area contributed by atoms with E-state index < -0.39 is 5.54 Å². The molecule has 1 aliphatic carbocycles. The number of nitrogens with one attached hydrogen (secondary N) is 1. The molecule has 1 aliphatic heterocycles. The molecule has 1 fully saturated rings. The molecule has 0 saturated heterocycles. The van der Waals surface area contributed by atoms with E-state index in [0.717, 1.165) is 36.8 Å². The van der Waals surface area contributed by atoms with Gasteiger partial charge in [-0.1, -0.05) is 37.3 Å². The van der Waals surface area contributed by atoms with Gasteiger partial charge >= 0.3 is 0 Å². The average molecular weight is 409 g/mol. The molecule has 30 heavy (non-hydrogen) atoms. The van der Waals surface area contributed by atoms with Crippen molar-refractivity contribution in [2.45, 2.75) is 64.1 Å². The Bertz CT molecular complexity index is 934. The number of hydrogen-bond donors (Lipinski definition) is 1. The SMILES string of the molecule is CC1CCC(NC(=O)C2(C)Cc3ccccc3C(=O)N2Cc2ccc(F)cc2)CC1. The molecule has 1 saturated carbocycles. The third kappa shape index (κ3) is 3.98. The van der Waals surface area contributed by atoms with E-state index in [9.17, 15) is 14.0 Å². The summed E-state index contributed by atoms with van der Waals surface area (Å²) < 4.78 is 13.4. The number of amides is 2. The minimum Gasteiger partial charge on any atom is -0.351 e. The molecule has 0 aromatic heterocycles. The number of carbonyl (C=O) groups is 2. The van der Waals surface area contributed by atoms with Crippen LogP contribution in [0, 0.1) is 11.7 Å². The van der Waals surface area contributed by atoms with Crippen LogP contribution in [0.1, 0.15) is 61.0 Å². The predicted octanol–water partition coefficient (Wildman–Crippen LogP) is 4.48. The van der Waals surface area contributed by atoms with E-state index in [1.807, 2.05) is 31.2 Å². The zero-order chi connectivity index (χ0) is 21.3. The van der Waals surface area contributed by atoms with Crippen LogP contribution in [0.25, 0.3) is 0 Å². The van der Waals surface area contributed by atoms with Gasteiger partial charge in [-0.25, -0.2) is 4.39 Å². The molecule has 2 aliphatic rings. The number of rotatable bonds is 4. The average Bonchev–Trinajstić information content (AvgIpc) is 2.74. The summed E-state index contributed by atoms with van der Waals surface area (Å²) in [6, 6.07) is 13.8. The maximum atomic E-state index is 13.5. The van der Waals surface area contributed by atoms with Gasteiger partial charge in [0, 0.05) is 24.6 Å². The van der Waals surface area contributed by atoms with E-state index in [0.29, 0.717) is 17.9 Å². The highest BCUT2D eigenvalue weighted by atomic mass is 19.1. The first-order valence-electron chi connectivity index (χ1n) is 10.8. The maximum Gasteiger partial charge on any atom is 0.255 e. The highest BCUT2D eigenvalue weighted by Gasteiger charge is 2.47. The van der Waals surface area contributed by atoms with E-state index in [4.69, 9.17) is 0 Å². The van der Waals surface area contributed by atoms with Crippen molar-refractivity contribution in [2.75, 3.05) is 0 Å². The Labute approximate surface area is 177 Å². The molecule has 4 nitrogen and oxygen atoms in total. The van der Waals surface area contributed by atoms with Gasteiger partial charge in [0.2, 0.25) is 5.91 Å². The molecule has 2 aromatic rings. The number of halogens is 1. The summed E-state index contributed by atoms with van der Waals surface area (Å²) >= 11 is 0. The molecule has 1 N–H and O–H groups in total. The van der Waals surface area contributed by atoms with Gasteiger partial charge in [0.05, 0.1) is 0 Å². The van der Waals surface area contributed by atoms with Crippen LogP contribution in [0.5, 0.6) is 0 Å². The zero-order valence-corrected chi connectivity index (χ0v) is 17.7. The standard InChI is InChI=1S/C25H29FN2O2/c1-17-7-13-21(14-8-17)27-24(30)25(2)15-19-5-3-4-6-22(19)23(29)28(25)16-18-9-11-20(26)12-10-18/h3-6,9-12,17,21H,7-8,13-16H2,1-2H3,(H,27,30). The topological polar surface area (TPSA) is 49.4 Å². The fourth-order valence-corrected chi connectivity index (χ4v) is 4.69. The van der Waals surface area contributed by atoms with Crippen molar-refractivity contribution in [3.05, 3.63) is 71.0 Å². The van der Waals surface area contributed by atoms with Crippen LogP contribution in [-0.2, 0) is 17.8 Å². The van der Waals surface area contributed by atoms with Gasteiger partial charge in [-0.15, -0.1) is 0 Å². The van der Waals surface area contributed by atoms with Crippen molar-refractivity contribution in [2.24, 2.45) is 5.92 Å². The van der Waals surface area contributed by atoms with Crippen molar-refractivity contribution in [3.8, 4) is 0 Å². The minimum atomic E-state index is -0.997. The normalized spacial score (nSPS) is 26.2. The molecule has 0 spiro atoms. The molecular formula is C25H29FN2O2. The highest BCUT2D eigenvalue weighted by molar-refractivity contribution is 6.02. The Morgan fingerprint density at radius 3 is 2.47 bits per heavy atom. The predicted molar refractivity (Wildman–Crippen MR) is 114 cm³/mol. The monoisotopic (exact) mass is 408 g/mol. The summed E-state index contributed by atoms with van der Waals surface area (Å²) in [6.07, 6.45) is 4.65. The van der Waals surface area contributed by atoms with Gasteiger partial charge < -0.3 is 10.2 Å². The molecule has 1 atom stereocenters. The Hall–Kier alpha value is -2.69. The molecule has 158 valence electrons. The number of carbonyl (C=O) groups excluding carboxylic acids is 2. The van der Waals surface area contributed by atoms with E-state index in [2.05, 4.69) is 12.2 Å². The van der Waals surface area contributed by atoms with Gasteiger partial charge in [-0.2, -0.15) is 0 Å². The van der Waals surface area contributed by atoms with Crippen LogP contribution in [-0.4, -0.2) is 28.3 Å². The Kier molecular flexibility index (Phi) is 5.63. The van der Waals surface area contributed by atoms with Gasteiger partial charge in [-0.3, -0.25) is 9.59 Å². The van der Waals surface area contributed by atoms with Crippen LogP contribution in [0.2, 0.25) is 0 Å². The van der Waals surface area contributed by atoms with Crippen molar-refractivity contribution in [3.63, 3.8) is 0 Å². The Balaban J connectivity index is 1.63. The van der Waals surface area contributed by atoms with E-state index in [1.165, 1.54) is 12.1 Å². The number of benzene rings is 2. The number of hydrogen-bond acceptors (Lipinski definition) is 2. The van der Waals surface area contributed by atoms with Crippen molar-refractivity contribution < 1.29 is 14.0 Å². The highest BCUT2D eigenvalue weighted by Crippen LogP contribution is 2.33. The van der Waals surface area contributed by atoms with Crippen LogP contribution >= 0.6 is 0 Å². The number of nitrogens with zero attached hydrogens (tertiary/aromatic N) is 1. The third-order valence-electron chi connectivity index (χ3n) is 6.72. The zero-order valence-electron chi connectivity index (χ0n) is 17.7. The molecule has 1 heterocycles. The van der Waals surface area contributed by atoms with Crippen LogP contribution in [0.4, 0.5) is 4.39 Å². The first kappa shape index (κ1) is 20.6. The second-order valence-corrected chi connectivity index (χ2v) is 9.06. The molecule has 2 amide bonds. The van der Waals surface area contributed by atoms with Gasteiger partial charge in [-0.05, 0) is 67.9 Å². The summed E-state index contributed by atoms with van der Waals surface area (Å²) in [5.41, 5.74) is 1.34. The molecule has 0 radical (unpaired) electrons. The molecule has 2 aromatic carbocycles. The van der Waals surface area contributed by atoms with Crippen molar-refractivity contribution in [1.29, 1.82) is 0 Å². The molecule has 1 unspecified atom stereocenters. The van der Waals surface area contributed by atoms with Crippen molar-refractivity contribution in [1.82, 2.24) is 10.2 Å². The van der Waals surface area contributed by atoms with Crippen LogP contribution in [0.3, 0.4) is 0 Å². The summed E-state index contributed by atoms with van der Waals surface area (Å²) in [4.78, 5) is 28.6. The van der Waals surface area contributed by atoms with Gasteiger partial charge in [0.1, 0.15) is 11.4 Å². The smallest absolute Gasteiger partial charge is 0.255 e. The summed E-state index contributed by atoms with van der Waals surface area (Å²) in [7, 11) is 0. The van der Waals surface area contributed by atoms with E-state index in [1.54, 1.807) is 17.0 Å². The number of fused-ring (bicyclic) bond motifs is 1. The fraction of sp³-hybridized carbons (Fsp3) is 0.440. The minimum absolute atomic E-state index is 0.105. The molecule has 0 bridgehead atoms. The Morgan fingerprint density at radius 1 is 1.10 bits per heavy atom. The first-order valence-corrected chi connectivity index (χ1v) is 10.8. The Morgan fingerprint density at radius 2 is 1.77 bits per heavy atom. The maximum absolute atomic E-state index is 13.5. The van der Waals surface area contributed by atoms with Gasteiger partial charge in [0.25, 0.3) is 5.91 Å². The first-order chi connectivity index (χ1) is 14.4. The van der Waals surface area contributed by atoms with Crippen molar-refractivity contribution >= 4 is 11.8 Å². The molecule has 5 heteroatoms. The summed E-state index contributed by atoms with van der Waals surface area (Å²) in [5.74, 6) is 0.121.